The number of hydrogen-bond donors (Lipinski definition) is 0. The molecule has 14 heteroatoms. The number of ether oxygens (including phenoxy) is 1. The van der Waals surface area contributed by atoms with Crippen molar-refractivity contribution in [1.29, 1.82) is 0 Å². The van der Waals surface area contributed by atoms with Gasteiger partial charge in [-0.15, -0.1) is 0 Å². The number of hydrogen-bond acceptors (Lipinski definition) is 6. The Morgan fingerprint density at radius 2 is 1.54 bits per heavy atom. The Morgan fingerprint density at radius 1 is 0.927 bits per heavy atom. The van der Waals surface area contributed by atoms with E-state index in [-0.39, 0.29) is 12.6 Å². The van der Waals surface area contributed by atoms with Crippen molar-refractivity contribution in [2.24, 2.45) is 5.41 Å². The van der Waals surface area contributed by atoms with Crippen LogP contribution in [-0.2, 0) is 19.1 Å². The molecule has 3 fully saturated rings. The SMILES string of the molecule is CC1(CN2C(=O)N(COCC[Si](C)(C)C)C(=O)C2(C)C)CCC(N2C(=O)CC(=O)N(CCCC(F)(F)F)C2=O)CC1. The lowest BCUT2D eigenvalue weighted by Crippen LogP contribution is -2.59. The van der Waals surface area contributed by atoms with E-state index >= 15 is 0 Å². The van der Waals surface area contributed by atoms with Gasteiger partial charge in [-0.3, -0.25) is 24.2 Å². The minimum atomic E-state index is -4.40. The highest BCUT2D eigenvalue weighted by atomic mass is 28.3. The Kier molecular flexibility index (Phi) is 9.68. The van der Waals surface area contributed by atoms with Gasteiger partial charge in [-0.1, -0.05) is 26.6 Å². The van der Waals surface area contributed by atoms with Gasteiger partial charge in [-0.2, -0.15) is 13.2 Å². The molecule has 0 aromatic carbocycles. The van der Waals surface area contributed by atoms with E-state index in [1.807, 2.05) is 6.92 Å². The predicted molar refractivity (Wildman–Crippen MR) is 146 cm³/mol. The van der Waals surface area contributed by atoms with Gasteiger partial charge in [-0.05, 0) is 57.4 Å². The van der Waals surface area contributed by atoms with E-state index in [2.05, 4.69) is 19.6 Å². The van der Waals surface area contributed by atoms with Crippen molar-refractivity contribution >= 4 is 37.9 Å². The Morgan fingerprint density at radius 3 is 2.10 bits per heavy atom. The molecule has 2 heterocycles. The van der Waals surface area contributed by atoms with Crippen LogP contribution in [0.25, 0.3) is 0 Å². The Hall–Kier alpha value is -2.48. The molecule has 7 amide bonds. The van der Waals surface area contributed by atoms with Gasteiger partial charge in [0, 0.05) is 40.2 Å². The quantitative estimate of drug-likeness (QED) is 0.145. The first-order valence-corrected chi connectivity index (χ1v) is 17.9. The maximum Gasteiger partial charge on any atom is 0.389 e. The van der Waals surface area contributed by atoms with Gasteiger partial charge in [0.15, 0.2) is 0 Å². The highest BCUT2D eigenvalue weighted by molar-refractivity contribution is 6.76. The first kappa shape index (κ1) is 33.0. The number of halogens is 3. The largest absolute Gasteiger partial charge is 0.389 e. The fourth-order valence-electron chi connectivity index (χ4n) is 5.60. The van der Waals surface area contributed by atoms with Crippen LogP contribution in [-0.4, -0.2) is 102 Å². The van der Waals surface area contributed by atoms with E-state index in [1.54, 1.807) is 18.7 Å². The summed E-state index contributed by atoms with van der Waals surface area (Å²) in [5.41, 5.74) is -1.46. The summed E-state index contributed by atoms with van der Waals surface area (Å²) >= 11 is 0. The number of nitrogens with zero attached hydrogens (tertiary/aromatic N) is 4. The normalized spacial score (nSPS) is 26.1. The number of imide groups is 3. The summed E-state index contributed by atoms with van der Waals surface area (Å²) in [4.78, 5) is 68.9. The molecular formula is C27H43F3N4O6Si. The first-order valence-electron chi connectivity index (χ1n) is 14.2. The zero-order valence-corrected chi connectivity index (χ0v) is 25.9. The third-order valence-corrected chi connectivity index (χ3v) is 10.0. The molecule has 3 aliphatic rings. The monoisotopic (exact) mass is 604 g/mol. The lowest BCUT2D eigenvalue weighted by molar-refractivity contribution is -0.147. The lowest BCUT2D eigenvalue weighted by Gasteiger charge is -2.45. The number of carbonyl (C=O) groups is 5. The molecule has 1 aliphatic carbocycles. The van der Waals surface area contributed by atoms with Gasteiger partial charge in [0.25, 0.3) is 5.91 Å². The third kappa shape index (κ3) is 7.88. The van der Waals surface area contributed by atoms with Crippen LogP contribution in [0.4, 0.5) is 22.8 Å². The topological polar surface area (TPSA) is 108 Å². The summed E-state index contributed by atoms with van der Waals surface area (Å²) in [6.45, 7) is 12.3. The van der Waals surface area contributed by atoms with Crippen molar-refractivity contribution in [3.63, 3.8) is 0 Å². The minimum absolute atomic E-state index is 0.0990. The van der Waals surface area contributed by atoms with Crippen LogP contribution in [0.2, 0.25) is 25.7 Å². The van der Waals surface area contributed by atoms with Crippen LogP contribution in [0.15, 0.2) is 0 Å². The maximum absolute atomic E-state index is 13.3. The molecule has 0 N–H and O–H groups in total. The molecule has 3 rings (SSSR count). The standard InChI is InChI=1S/C27H43F3N4O6Si/c1-25(2)22(37)32(18-40-14-15-41(4,5)6)23(38)33(25)17-26(3)11-8-19(9-12-26)34-21(36)16-20(35)31(24(34)39)13-7-10-27(28,29)30/h19H,7-18H2,1-6H3. The van der Waals surface area contributed by atoms with Crippen molar-refractivity contribution in [1.82, 2.24) is 19.6 Å². The molecule has 0 bridgehead atoms. The second kappa shape index (κ2) is 12.0. The number of barbiturate groups is 1. The molecule has 41 heavy (non-hydrogen) atoms. The van der Waals surface area contributed by atoms with Gasteiger partial charge < -0.3 is 9.64 Å². The zero-order valence-electron chi connectivity index (χ0n) is 24.9. The van der Waals surface area contributed by atoms with Gasteiger partial charge in [0.05, 0.1) is 0 Å². The van der Waals surface area contributed by atoms with Crippen molar-refractivity contribution in [3.05, 3.63) is 0 Å². The zero-order chi connectivity index (χ0) is 31.0. The fourth-order valence-corrected chi connectivity index (χ4v) is 6.36. The molecule has 0 aromatic heterocycles. The number of alkyl halides is 3. The van der Waals surface area contributed by atoms with Crippen molar-refractivity contribution in [3.8, 4) is 0 Å². The summed E-state index contributed by atoms with van der Waals surface area (Å²) in [5, 5.41) is 0. The molecule has 10 nitrogen and oxygen atoms in total. The molecule has 0 spiro atoms. The van der Waals surface area contributed by atoms with Crippen LogP contribution in [0.1, 0.15) is 65.7 Å². The second-order valence-electron chi connectivity index (χ2n) is 13.5. The van der Waals surface area contributed by atoms with Gasteiger partial charge >= 0.3 is 18.2 Å². The summed E-state index contributed by atoms with van der Waals surface area (Å²) in [7, 11) is -1.33. The van der Waals surface area contributed by atoms with E-state index in [4.69, 9.17) is 4.74 Å². The van der Waals surface area contributed by atoms with Crippen molar-refractivity contribution in [2.45, 2.75) is 109 Å². The van der Waals surface area contributed by atoms with Gasteiger partial charge in [0.1, 0.15) is 18.7 Å². The molecular weight excluding hydrogens is 561 g/mol. The smallest absolute Gasteiger partial charge is 0.361 e. The average molecular weight is 605 g/mol. The van der Waals surface area contributed by atoms with Gasteiger partial charge in [-0.25, -0.2) is 14.5 Å². The number of rotatable bonds is 11. The van der Waals surface area contributed by atoms with Crippen LogP contribution < -0.4 is 0 Å². The van der Waals surface area contributed by atoms with Crippen LogP contribution in [0, 0.1) is 5.41 Å². The highest BCUT2D eigenvalue weighted by Crippen LogP contribution is 2.42. The predicted octanol–water partition coefficient (Wildman–Crippen LogP) is 4.81. The molecule has 1 saturated carbocycles. The van der Waals surface area contributed by atoms with Crippen molar-refractivity contribution < 1.29 is 41.9 Å². The Bertz CT molecular complexity index is 1050. The van der Waals surface area contributed by atoms with E-state index in [9.17, 15) is 37.1 Å². The summed E-state index contributed by atoms with van der Waals surface area (Å²) in [6, 6.07) is -0.864. The van der Waals surface area contributed by atoms with Crippen molar-refractivity contribution in [2.75, 3.05) is 26.4 Å². The number of amides is 7. The lowest BCUT2D eigenvalue weighted by atomic mass is 9.72. The second-order valence-corrected chi connectivity index (χ2v) is 19.2. The molecule has 2 saturated heterocycles. The van der Waals surface area contributed by atoms with E-state index in [0.717, 1.165) is 20.7 Å². The average Bonchev–Trinajstić information content (AvgIpc) is 2.98. The highest BCUT2D eigenvalue weighted by Gasteiger charge is 2.53. The van der Waals surface area contributed by atoms with Crippen LogP contribution in [0.3, 0.4) is 0 Å². The number of carbonyl (C=O) groups excluding carboxylic acids is 5. The van der Waals surface area contributed by atoms with Crippen LogP contribution in [0.5, 0.6) is 0 Å². The van der Waals surface area contributed by atoms with E-state index in [0.29, 0.717) is 38.8 Å². The molecule has 0 unspecified atom stereocenters. The fraction of sp³-hybridized carbons (Fsp3) is 0.815. The Labute approximate surface area is 240 Å². The van der Waals surface area contributed by atoms with Crippen LogP contribution >= 0.6 is 0 Å². The number of urea groups is 2. The van der Waals surface area contributed by atoms with Gasteiger partial charge in [0.2, 0.25) is 11.8 Å². The minimum Gasteiger partial charge on any atom is -0.361 e. The summed E-state index contributed by atoms with van der Waals surface area (Å²) < 4.78 is 43.4. The molecule has 0 atom stereocenters. The van der Waals surface area contributed by atoms with E-state index < -0.39 is 80.9 Å². The summed E-state index contributed by atoms with van der Waals surface area (Å²) in [6.07, 6.45) is -4.61. The van der Waals surface area contributed by atoms with E-state index in [1.165, 1.54) is 0 Å². The maximum atomic E-state index is 13.3. The molecule has 2 aliphatic heterocycles. The molecule has 232 valence electrons. The first-order chi connectivity index (χ1) is 18.8. The molecule has 0 radical (unpaired) electrons. The molecule has 0 aromatic rings. The summed E-state index contributed by atoms with van der Waals surface area (Å²) in [5.74, 6) is -1.76. The Balaban J connectivity index is 1.61. The third-order valence-electron chi connectivity index (χ3n) is 8.34.